The summed E-state index contributed by atoms with van der Waals surface area (Å²) in [6.07, 6.45) is 2.49. The maximum Gasteiger partial charge on any atom is 0.326 e. The number of carbonyl (C=O) groups excluding carboxylic acids is 5. The molecule has 0 radical (unpaired) electrons. The van der Waals surface area contributed by atoms with Gasteiger partial charge in [0.1, 0.15) is 18.1 Å². The van der Waals surface area contributed by atoms with E-state index in [9.17, 15) is 33.9 Å². The zero-order chi connectivity index (χ0) is 25.0. The fourth-order valence-electron chi connectivity index (χ4n) is 3.19. The normalized spacial score (nSPS) is 17.9. The van der Waals surface area contributed by atoms with Gasteiger partial charge in [0.05, 0.1) is 12.5 Å². The molecule has 1 heterocycles. The lowest BCUT2D eigenvalue weighted by Crippen LogP contribution is -2.57. The van der Waals surface area contributed by atoms with Gasteiger partial charge in [0.15, 0.2) is 0 Å². The van der Waals surface area contributed by atoms with Gasteiger partial charge < -0.3 is 37.8 Å². The molecule has 0 aromatic heterocycles. The first kappa shape index (κ1) is 28.2. The van der Waals surface area contributed by atoms with Crippen LogP contribution in [-0.4, -0.2) is 83.3 Å². The van der Waals surface area contributed by atoms with Gasteiger partial charge >= 0.3 is 5.97 Å². The van der Waals surface area contributed by atoms with Crippen LogP contribution in [0.15, 0.2) is 0 Å². The van der Waals surface area contributed by atoms with Gasteiger partial charge in [0.2, 0.25) is 29.5 Å². The number of thioether (sulfide) groups is 1. The summed E-state index contributed by atoms with van der Waals surface area (Å²) < 4.78 is 0. The van der Waals surface area contributed by atoms with Gasteiger partial charge in [-0.25, -0.2) is 4.79 Å². The predicted molar refractivity (Wildman–Crippen MR) is 120 cm³/mol. The third kappa shape index (κ3) is 10.5. The third-order valence-electron chi connectivity index (χ3n) is 4.95. The van der Waals surface area contributed by atoms with Crippen LogP contribution in [0.3, 0.4) is 0 Å². The zero-order valence-corrected chi connectivity index (χ0v) is 19.2. The SMILES string of the molecule is CSCCC(NC(=O)C(CCC(N)=O)NC(=O)C1CCCN1)C(=O)NC(CC(N)=O)C(=O)O. The molecule has 186 valence electrons. The first-order valence-corrected chi connectivity index (χ1v) is 11.9. The number of primary amides is 2. The third-order valence-corrected chi connectivity index (χ3v) is 5.60. The number of carboxylic acid groups (broad SMARTS) is 1. The minimum atomic E-state index is -1.55. The average Bonchev–Trinajstić information content (AvgIpc) is 3.27. The quantitative estimate of drug-likeness (QED) is 0.126. The zero-order valence-electron chi connectivity index (χ0n) is 18.4. The van der Waals surface area contributed by atoms with Crippen molar-refractivity contribution in [1.29, 1.82) is 0 Å². The van der Waals surface area contributed by atoms with Crippen LogP contribution >= 0.6 is 11.8 Å². The van der Waals surface area contributed by atoms with E-state index in [0.29, 0.717) is 18.7 Å². The molecule has 4 atom stereocenters. The minimum absolute atomic E-state index is 0.0735. The summed E-state index contributed by atoms with van der Waals surface area (Å²) in [7, 11) is 0. The highest BCUT2D eigenvalue weighted by Crippen LogP contribution is 2.08. The summed E-state index contributed by atoms with van der Waals surface area (Å²) in [6.45, 7) is 0.670. The van der Waals surface area contributed by atoms with Crippen molar-refractivity contribution in [3.05, 3.63) is 0 Å². The van der Waals surface area contributed by atoms with Crippen molar-refractivity contribution in [3.8, 4) is 0 Å². The van der Waals surface area contributed by atoms with Crippen LogP contribution < -0.4 is 32.7 Å². The molecule has 9 N–H and O–H groups in total. The summed E-state index contributed by atoms with van der Waals surface area (Å²) in [6, 6.07) is -4.28. The number of rotatable bonds is 15. The molecule has 0 bridgehead atoms. The second-order valence-corrected chi connectivity index (χ2v) is 8.61. The molecule has 0 spiro atoms. The second kappa shape index (κ2) is 14.3. The molecule has 1 saturated heterocycles. The summed E-state index contributed by atoms with van der Waals surface area (Å²) >= 11 is 1.40. The lowest BCUT2D eigenvalue weighted by molar-refractivity contribution is -0.143. The molecule has 33 heavy (non-hydrogen) atoms. The number of aliphatic carboxylic acids is 1. The Morgan fingerprint density at radius 2 is 1.58 bits per heavy atom. The molecule has 0 aliphatic carbocycles. The summed E-state index contributed by atoms with van der Waals surface area (Å²) in [5, 5.41) is 19.5. The lowest BCUT2D eigenvalue weighted by atomic mass is 10.1. The van der Waals surface area contributed by atoms with E-state index < -0.39 is 66.1 Å². The molecule has 14 heteroatoms. The Morgan fingerprint density at radius 1 is 0.970 bits per heavy atom. The van der Waals surface area contributed by atoms with Gasteiger partial charge in [-0.15, -0.1) is 0 Å². The first-order valence-electron chi connectivity index (χ1n) is 10.5. The van der Waals surface area contributed by atoms with E-state index >= 15 is 0 Å². The first-order chi connectivity index (χ1) is 15.5. The van der Waals surface area contributed by atoms with E-state index in [0.717, 1.165) is 6.42 Å². The summed E-state index contributed by atoms with van der Waals surface area (Å²) in [4.78, 5) is 71.7. The highest BCUT2D eigenvalue weighted by molar-refractivity contribution is 7.98. The summed E-state index contributed by atoms with van der Waals surface area (Å²) in [5.41, 5.74) is 10.2. The van der Waals surface area contributed by atoms with Crippen LogP contribution in [0.25, 0.3) is 0 Å². The molecule has 1 aliphatic heterocycles. The van der Waals surface area contributed by atoms with Gasteiger partial charge in [0, 0.05) is 6.42 Å². The van der Waals surface area contributed by atoms with Crippen molar-refractivity contribution in [2.45, 2.75) is 62.7 Å². The molecule has 1 fully saturated rings. The van der Waals surface area contributed by atoms with E-state index in [1.54, 1.807) is 6.26 Å². The number of nitrogens with one attached hydrogen (secondary N) is 4. The van der Waals surface area contributed by atoms with Crippen LogP contribution in [0.4, 0.5) is 0 Å². The molecular weight excluding hydrogens is 456 g/mol. The standard InChI is InChI=1S/C19H32N6O7S/c1-33-8-6-12(18(30)25-13(19(31)32)9-15(21)27)24-17(29)11(4-5-14(20)26)23-16(28)10-3-2-7-22-10/h10-13,22H,2-9H2,1H3,(H2,20,26)(H2,21,27)(H,23,28)(H,24,29)(H,25,30)(H,31,32). The average molecular weight is 489 g/mol. The molecule has 5 amide bonds. The highest BCUT2D eigenvalue weighted by atomic mass is 32.2. The number of hydrogen-bond acceptors (Lipinski definition) is 8. The highest BCUT2D eigenvalue weighted by Gasteiger charge is 2.31. The molecule has 0 aromatic carbocycles. The van der Waals surface area contributed by atoms with Crippen molar-refractivity contribution in [3.63, 3.8) is 0 Å². The second-order valence-electron chi connectivity index (χ2n) is 7.63. The molecular formula is C19H32N6O7S. The van der Waals surface area contributed by atoms with Gasteiger partial charge in [-0.1, -0.05) is 0 Å². The number of nitrogens with two attached hydrogens (primary N) is 2. The van der Waals surface area contributed by atoms with Gasteiger partial charge in [0.25, 0.3) is 0 Å². The van der Waals surface area contributed by atoms with E-state index in [1.165, 1.54) is 11.8 Å². The minimum Gasteiger partial charge on any atom is -0.480 e. The topological polar surface area (TPSA) is 223 Å². The van der Waals surface area contributed by atoms with Crippen LogP contribution in [0.2, 0.25) is 0 Å². The fraction of sp³-hybridized carbons (Fsp3) is 0.684. The van der Waals surface area contributed by atoms with Crippen LogP contribution in [0, 0.1) is 0 Å². The number of carbonyl (C=O) groups is 6. The Kier molecular flexibility index (Phi) is 12.2. The Hall–Kier alpha value is -2.87. The van der Waals surface area contributed by atoms with Crippen molar-refractivity contribution in [2.24, 2.45) is 11.5 Å². The van der Waals surface area contributed by atoms with Crippen LogP contribution in [0.1, 0.15) is 38.5 Å². The van der Waals surface area contributed by atoms with E-state index in [-0.39, 0.29) is 19.3 Å². The number of amides is 5. The number of hydrogen-bond donors (Lipinski definition) is 7. The molecule has 0 aromatic rings. The monoisotopic (exact) mass is 488 g/mol. The predicted octanol–water partition coefficient (Wildman–Crippen LogP) is -2.83. The maximum atomic E-state index is 12.9. The largest absolute Gasteiger partial charge is 0.480 e. The summed E-state index contributed by atoms with van der Waals surface area (Å²) in [5.74, 6) is -4.51. The van der Waals surface area contributed by atoms with Crippen LogP contribution in [0.5, 0.6) is 0 Å². The molecule has 0 saturated carbocycles. The van der Waals surface area contributed by atoms with Gasteiger partial charge in [-0.3, -0.25) is 24.0 Å². The smallest absolute Gasteiger partial charge is 0.326 e. The van der Waals surface area contributed by atoms with Crippen molar-refractivity contribution in [1.82, 2.24) is 21.3 Å². The lowest BCUT2D eigenvalue weighted by Gasteiger charge is -2.25. The molecule has 13 nitrogen and oxygen atoms in total. The van der Waals surface area contributed by atoms with Gasteiger partial charge in [-0.2, -0.15) is 11.8 Å². The molecule has 4 unspecified atom stereocenters. The van der Waals surface area contributed by atoms with Crippen molar-refractivity contribution in [2.75, 3.05) is 18.6 Å². The molecule has 1 aliphatic rings. The maximum absolute atomic E-state index is 12.9. The van der Waals surface area contributed by atoms with Crippen molar-refractivity contribution >= 4 is 47.3 Å². The Balaban J connectivity index is 2.92. The van der Waals surface area contributed by atoms with E-state index in [2.05, 4.69) is 21.3 Å². The Morgan fingerprint density at radius 3 is 2.06 bits per heavy atom. The van der Waals surface area contributed by atoms with E-state index in [1.807, 2.05) is 0 Å². The van der Waals surface area contributed by atoms with Gasteiger partial charge in [-0.05, 0) is 44.2 Å². The molecule has 1 rings (SSSR count). The van der Waals surface area contributed by atoms with Crippen LogP contribution in [-0.2, 0) is 28.8 Å². The number of carboxylic acids is 1. The fourth-order valence-corrected chi connectivity index (χ4v) is 3.66. The Bertz CT molecular complexity index is 744. The van der Waals surface area contributed by atoms with Crippen molar-refractivity contribution < 1.29 is 33.9 Å². The van der Waals surface area contributed by atoms with E-state index in [4.69, 9.17) is 11.5 Å². The Labute approximate surface area is 195 Å².